The number of piperazine rings is 1. The van der Waals surface area contributed by atoms with Crippen LogP contribution in [-0.4, -0.2) is 49.6 Å². The van der Waals surface area contributed by atoms with E-state index in [1.165, 1.54) is 5.70 Å². The fraction of sp³-hybridized carbons (Fsp3) is 0.500. The third kappa shape index (κ3) is 3.90. The van der Waals surface area contributed by atoms with Gasteiger partial charge in [-0.1, -0.05) is 18.7 Å². The molecular weight excluding hydrogens is 186 g/mol. The molecule has 0 bridgehead atoms. The van der Waals surface area contributed by atoms with Crippen molar-refractivity contribution in [2.24, 2.45) is 5.73 Å². The fourth-order valence-electron chi connectivity index (χ4n) is 1.64. The summed E-state index contributed by atoms with van der Waals surface area (Å²) in [6, 6.07) is 0. The number of hydrogen-bond donors (Lipinski definition) is 1. The molecule has 1 aliphatic heterocycles. The molecule has 0 saturated carbocycles. The van der Waals surface area contributed by atoms with Crippen LogP contribution in [0.5, 0.6) is 0 Å². The summed E-state index contributed by atoms with van der Waals surface area (Å²) in [5.41, 5.74) is 6.67. The molecule has 1 aliphatic rings. The lowest BCUT2D eigenvalue weighted by Crippen LogP contribution is -2.43. The van der Waals surface area contributed by atoms with E-state index in [0.717, 1.165) is 26.2 Å². The molecule has 0 spiro atoms. The standard InChI is InChI=1S/C12H21N3/c1-3-5-12(6-4-7-13)15-10-8-14(2)9-11-15/h3-6H,1,7-11,13H2,2H3/b6-4-,12-5+. The van der Waals surface area contributed by atoms with Crippen molar-refractivity contribution in [3.8, 4) is 0 Å². The molecule has 0 atom stereocenters. The lowest BCUT2D eigenvalue weighted by atomic mass is 10.2. The van der Waals surface area contributed by atoms with Crippen LogP contribution in [0.4, 0.5) is 0 Å². The van der Waals surface area contributed by atoms with Gasteiger partial charge in [0.05, 0.1) is 0 Å². The number of likely N-dealkylation sites (N-methyl/N-ethyl adjacent to an activating group) is 1. The smallest absolute Gasteiger partial charge is 0.0364 e. The van der Waals surface area contributed by atoms with Gasteiger partial charge in [-0.15, -0.1) is 0 Å². The molecule has 1 fully saturated rings. The normalized spacial score (nSPS) is 19.9. The lowest BCUT2D eigenvalue weighted by Gasteiger charge is -2.34. The largest absolute Gasteiger partial charge is 0.369 e. The molecule has 84 valence electrons. The maximum Gasteiger partial charge on any atom is 0.0364 e. The van der Waals surface area contributed by atoms with Crippen LogP contribution in [0.25, 0.3) is 0 Å². The summed E-state index contributed by atoms with van der Waals surface area (Å²) >= 11 is 0. The maximum atomic E-state index is 5.46. The van der Waals surface area contributed by atoms with E-state index >= 15 is 0 Å². The van der Waals surface area contributed by atoms with Gasteiger partial charge in [-0.2, -0.15) is 0 Å². The summed E-state index contributed by atoms with van der Waals surface area (Å²) < 4.78 is 0. The average molecular weight is 207 g/mol. The highest BCUT2D eigenvalue weighted by molar-refractivity contribution is 5.22. The van der Waals surface area contributed by atoms with Gasteiger partial charge < -0.3 is 15.5 Å². The van der Waals surface area contributed by atoms with Gasteiger partial charge in [0.2, 0.25) is 0 Å². The summed E-state index contributed by atoms with van der Waals surface area (Å²) in [6.45, 7) is 8.71. The lowest BCUT2D eigenvalue weighted by molar-refractivity contribution is 0.190. The van der Waals surface area contributed by atoms with Crippen LogP contribution in [-0.2, 0) is 0 Å². The Kier molecular flexibility index (Phi) is 5.15. The Morgan fingerprint density at radius 2 is 2.00 bits per heavy atom. The van der Waals surface area contributed by atoms with Crippen LogP contribution >= 0.6 is 0 Å². The summed E-state index contributed by atoms with van der Waals surface area (Å²) in [6.07, 6.45) is 7.92. The molecule has 1 saturated heterocycles. The molecule has 0 amide bonds. The minimum absolute atomic E-state index is 0.586. The van der Waals surface area contributed by atoms with Crippen molar-refractivity contribution < 1.29 is 0 Å². The molecule has 0 aromatic heterocycles. The number of allylic oxidation sites excluding steroid dienone is 3. The molecule has 0 radical (unpaired) electrons. The van der Waals surface area contributed by atoms with Gasteiger partial charge in [-0.3, -0.25) is 0 Å². The number of nitrogens with two attached hydrogens (primary N) is 1. The minimum Gasteiger partial charge on any atom is -0.369 e. The van der Waals surface area contributed by atoms with Gasteiger partial charge in [0.15, 0.2) is 0 Å². The quantitative estimate of drug-likeness (QED) is 0.693. The molecule has 0 aliphatic carbocycles. The van der Waals surface area contributed by atoms with Gasteiger partial charge >= 0.3 is 0 Å². The highest BCUT2D eigenvalue weighted by Gasteiger charge is 2.13. The zero-order valence-corrected chi connectivity index (χ0v) is 9.52. The summed E-state index contributed by atoms with van der Waals surface area (Å²) in [5.74, 6) is 0. The highest BCUT2D eigenvalue weighted by atomic mass is 15.2. The predicted octanol–water partition coefficient (Wildman–Crippen LogP) is 0.819. The number of hydrogen-bond acceptors (Lipinski definition) is 3. The second kappa shape index (κ2) is 6.43. The Morgan fingerprint density at radius 3 is 2.53 bits per heavy atom. The van der Waals surface area contributed by atoms with Crippen LogP contribution in [0.1, 0.15) is 0 Å². The van der Waals surface area contributed by atoms with E-state index in [0.29, 0.717) is 6.54 Å². The zero-order chi connectivity index (χ0) is 11.1. The molecule has 3 nitrogen and oxygen atoms in total. The molecule has 1 rings (SSSR count). The number of rotatable bonds is 4. The Labute approximate surface area is 92.5 Å². The Morgan fingerprint density at radius 1 is 1.33 bits per heavy atom. The Hall–Kier alpha value is -1.06. The van der Waals surface area contributed by atoms with Crippen molar-refractivity contribution in [2.45, 2.75) is 0 Å². The molecule has 0 aromatic carbocycles. The zero-order valence-electron chi connectivity index (χ0n) is 9.52. The second-order valence-corrected chi connectivity index (χ2v) is 3.76. The minimum atomic E-state index is 0.586. The molecule has 0 aromatic rings. The average Bonchev–Trinajstić information content (AvgIpc) is 2.25. The topological polar surface area (TPSA) is 32.5 Å². The maximum absolute atomic E-state index is 5.46. The van der Waals surface area contributed by atoms with Crippen molar-refractivity contribution in [3.63, 3.8) is 0 Å². The predicted molar refractivity (Wildman–Crippen MR) is 65.5 cm³/mol. The van der Waals surface area contributed by atoms with Crippen LogP contribution in [0.3, 0.4) is 0 Å². The van der Waals surface area contributed by atoms with Crippen molar-refractivity contribution >= 4 is 0 Å². The van der Waals surface area contributed by atoms with Crippen LogP contribution in [0.15, 0.2) is 36.6 Å². The first-order valence-corrected chi connectivity index (χ1v) is 5.40. The fourth-order valence-corrected chi connectivity index (χ4v) is 1.64. The van der Waals surface area contributed by atoms with Gasteiger partial charge in [0.25, 0.3) is 0 Å². The van der Waals surface area contributed by atoms with Crippen LogP contribution < -0.4 is 5.73 Å². The first kappa shape index (κ1) is 12.0. The summed E-state index contributed by atoms with van der Waals surface area (Å²) in [4.78, 5) is 4.71. The third-order valence-electron chi connectivity index (χ3n) is 2.58. The summed E-state index contributed by atoms with van der Waals surface area (Å²) in [5, 5.41) is 0. The molecule has 0 unspecified atom stereocenters. The van der Waals surface area contributed by atoms with E-state index in [2.05, 4.69) is 29.5 Å². The molecular formula is C12H21N3. The van der Waals surface area contributed by atoms with Crippen molar-refractivity contribution in [3.05, 3.63) is 36.6 Å². The molecule has 2 N–H and O–H groups in total. The van der Waals surface area contributed by atoms with Crippen LogP contribution in [0.2, 0.25) is 0 Å². The van der Waals surface area contributed by atoms with Gasteiger partial charge in [-0.05, 0) is 19.2 Å². The van der Waals surface area contributed by atoms with Gasteiger partial charge in [0.1, 0.15) is 0 Å². The number of nitrogens with zero attached hydrogens (tertiary/aromatic N) is 2. The Bertz CT molecular complexity index is 248. The molecule has 1 heterocycles. The van der Waals surface area contributed by atoms with E-state index in [1.807, 2.05) is 18.2 Å². The van der Waals surface area contributed by atoms with E-state index in [-0.39, 0.29) is 0 Å². The van der Waals surface area contributed by atoms with Crippen LogP contribution in [0, 0.1) is 0 Å². The van der Waals surface area contributed by atoms with Crippen molar-refractivity contribution in [2.75, 3.05) is 39.8 Å². The third-order valence-corrected chi connectivity index (χ3v) is 2.58. The SMILES string of the molecule is C=C/C=C(\C=C/CN)N1CCN(C)CC1. The van der Waals surface area contributed by atoms with E-state index in [4.69, 9.17) is 5.73 Å². The summed E-state index contributed by atoms with van der Waals surface area (Å²) in [7, 11) is 2.16. The molecule has 3 heteroatoms. The first-order valence-electron chi connectivity index (χ1n) is 5.40. The molecule has 15 heavy (non-hydrogen) atoms. The van der Waals surface area contributed by atoms with Gasteiger partial charge in [0, 0.05) is 38.4 Å². The Balaban J connectivity index is 2.60. The first-order chi connectivity index (χ1) is 7.27. The highest BCUT2D eigenvalue weighted by Crippen LogP contribution is 2.10. The monoisotopic (exact) mass is 207 g/mol. The van der Waals surface area contributed by atoms with Crippen molar-refractivity contribution in [1.29, 1.82) is 0 Å². The second-order valence-electron chi connectivity index (χ2n) is 3.76. The van der Waals surface area contributed by atoms with E-state index in [1.54, 1.807) is 0 Å². The van der Waals surface area contributed by atoms with E-state index in [9.17, 15) is 0 Å². The van der Waals surface area contributed by atoms with E-state index < -0.39 is 0 Å². The van der Waals surface area contributed by atoms with Crippen molar-refractivity contribution in [1.82, 2.24) is 9.80 Å². The van der Waals surface area contributed by atoms with Gasteiger partial charge in [-0.25, -0.2) is 0 Å².